The molecule has 0 saturated heterocycles. The standard InChI is InChI=1S/C15H19NO/c1-11-8-9-13(15(17)16-2)14(10-11)12-6-4-3-5-7-12/h3-8,13-14H,9-10H2,1-2H3,(H,16,17). The van der Waals surface area contributed by atoms with Gasteiger partial charge in [0.1, 0.15) is 0 Å². The van der Waals surface area contributed by atoms with Gasteiger partial charge in [-0.05, 0) is 31.2 Å². The molecule has 2 nitrogen and oxygen atoms in total. The number of hydrogen-bond acceptors (Lipinski definition) is 1. The minimum Gasteiger partial charge on any atom is -0.359 e. The molecule has 2 unspecified atom stereocenters. The fraction of sp³-hybridized carbons (Fsp3) is 0.400. The monoisotopic (exact) mass is 229 g/mol. The SMILES string of the molecule is CNC(=O)C1CC=C(C)CC1c1ccccc1. The summed E-state index contributed by atoms with van der Waals surface area (Å²) in [6, 6.07) is 10.4. The first kappa shape index (κ1) is 11.9. The zero-order chi connectivity index (χ0) is 12.3. The Morgan fingerprint density at radius 3 is 2.65 bits per heavy atom. The van der Waals surface area contributed by atoms with Gasteiger partial charge in [0.2, 0.25) is 5.91 Å². The van der Waals surface area contributed by atoms with E-state index in [1.54, 1.807) is 7.05 Å². The molecule has 1 aliphatic rings. The zero-order valence-corrected chi connectivity index (χ0v) is 10.4. The summed E-state index contributed by atoms with van der Waals surface area (Å²) >= 11 is 0. The molecule has 1 aliphatic carbocycles. The lowest BCUT2D eigenvalue weighted by Crippen LogP contribution is -2.33. The molecule has 1 amide bonds. The minimum absolute atomic E-state index is 0.0751. The highest BCUT2D eigenvalue weighted by Crippen LogP contribution is 2.37. The van der Waals surface area contributed by atoms with Crippen molar-refractivity contribution in [2.45, 2.75) is 25.7 Å². The van der Waals surface area contributed by atoms with Gasteiger partial charge in [0.25, 0.3) is 0 Å². The average Bonchev–Trinajstić information content (AvgIpc) is 2.39. The first-order valence-corrected chi connectivity index (χ1v) is 6.14. The molecule has 2 heteroatoms. The second-order valence-electron chi connectivity index (χ2n) is 4.73. The van der Waals surface area contributed by atoms with Gasteiger partial charge in [-0.1, -0.05) is 42.0 Å². The van der Waals surface area contributed by atoms with Gasteiger partial charge in [0, 0.05) is 13.0 Å². The van der Waals surface area contributed by atoms with E-state index in [-0.39, 0.29) is 11.8 Å². The Balaban J connectivity index is 2.29. The van der Waals surface area contributed by atoms with E-state index in [0.717, 1.165) is 12.8 Å². The van der Waals surface area contributed by atoms with E-state index < -0.39 is 0 Å². The minimum atomic E-state index is 0.0751. The quantitative estimate of drug-likeness (QED) is 0.776. The third-order valence-electron chi connectivity index (χ3n) is 3.56. The summed E-state index contributed by atoms with van der Waals surface area (Å²) in [5.74, 6) is 0.551. The van der Waals surface area contributed by atoms with Crippen LogP contribution >= 0.6 is 0 Å². The van der Waals surface area contributed by atoms with E-state index in [9.17, 15) is 4.79 Å². The number of benzene rings is 1. The molecule has 17 heavy (non-hydrogen) atoms. The van der Waals surface area contributed by atoms with E-state index >= 15 is 0 Å². The molecule has 0 spiro atoms. The lowest BCUT2D eigenvalue weighted by Gasteiger charge is -2.29. The van der Waals surface area contributed by atoms with E-state index in [0.29, 0.717) is 5.92 Å². The van der Waals surface area contributed by atoms with Crippen molar-refractivity contribution >= 4 is 5.91 Å². The van der Waals surface area contributed by atoms with Gasteiger partial charge in [-0.2, -0.15) is 0 Å². The number of amides is 1. The van der Waals surface area contributed by atoms with Crippen molar-refractivity contribution in [2.75, 3.05) is 7.05 Å². The summed E-state index contributed by atoms with van der Waals surface area (Å²) < 4.78 is 0. The van der Waals surface area contributed by atoms with E-state index in [2.05, 4.69) is 30.4 Å². The number of rotatable bonds is 2. The molecule has 90 valence electrons. The van der Waals surface area contributed by atoms with Crippen LogP contribution < -0.4 is 5.32 Å². The Hall–Kier alpha value is -1.57. The molecule has 0 radical (unpaired) electrons. The first-order valence-electron chi connectivity index (χ1n) is 6.14. The van der Waals surface area contributed by atoms with Crippen LogP contribution in [0.1, 0.15) is 31.2 Å². The summed E-state index contributed by atoms with van der Waals surface area (Å²) in [5.41, 5.74) is 2.66. The zero-order valence-electron chi connectivity index (χ0n) is 10.4. The second-order valence-corrected chi connectivity index (χ2v) is 4.73. The van der Waals surface area contributed by atoms with Gasteiger partial charge in [-0.25, -0.2) is 0 Å². The molecule has 2 atom stereocenters. The number of hydrogen-bond donors (Lipinski definition) is 1. The summed E-state index contributed by atoms with van der Waals surface area (Å²) in [6.45, 7) is 2.15. The fourth-order valence-electron chi connectivity index (χ4n) is 2.59. The predicted molar refractivity (Wildman–Crippen MR) is 69.7 cm³/mol. The Bertz CT molecular complexity index is 422. The van der Waals surface area contributed by atoms with E-state index in [1.165, 1.54) is 11.1 Å². The molecule has 2 rings (SSSR count). The Morgan fingerprint density at radius 1 is 1.29 bits per heavy atom. The molecule has 1 aromatic carbocycles. The third-order valence-corrected chi connectivity index (χ3v) is 3.56. The van der Waals surface area contributed by atoms with Crippen LogP contribution in [0.4, 0.5) is 0 Å². The summed E-state index contributed by atoms with van der Waals surface area (Å²) in [4.78, 5) is 11.9. The van der Waals surface area contributed by atoms with Gasteiger partial charge in [-0.15, -0.1) is 0 Å². The molecule has 0 bridgehead atoms. The van der Waals surface area contributed by atoms with Crippen LogP contribution in [0.5, 0.6) is 0 Å². The van der Waals surface area contributed by atoms with Crippen molar-refractivity contribution in [3.05, 3.63) is 47.5 Å². The highest BCUT2D eigenvalue weighted by molar-refractivity contribution is 5.80. The molecular weight excluding hydrogens is 210 g/mol. The normalized spacial score (nSPS) is 24.0. The maximum Gasteiger partial charge on any atom is 0.223 e. The van der Waals surface area contributed by atoms with Crippen molar-refractivity contribution in [1.82, 2.24) is 5.32 Å². The van der Waals surface area contributed by atoms with Crippen LogP contribution in [0, 0.1) is 5.92 Å². The van der Waals surface area contributed by atoms with Crippen molar-refractivity contribution < 1.29 is 4.79 Å². The van der Waals surface area contributed by atoms with Crippen molar-refractivity contribution in [3.63, 3.8) is 0 Å². The number of nitrogens with one attached hydrogen (secondary N) is 1. The van der Waals surface area contributed by atoms with Crippen LogP contribution in [-0.4, -0.2) is 13.0 Å². The van der Waals surface area contributed by atoms with Crippen LogP contribution in [0.2, 0.25) is 0 Å². The van der Waals surface area contributed by atoms with Gasteiger partial charge < -0.3 is 5.32 Å². The molecule has 0 aromatic heterocycles. The van der Waals surface area contributed by atoms with Crippen molar-refractivity contribution in [2.24, 2.45) is 5.92 Å². The van der Waals surface area contributed by atoms with Crippen LogP contribution in [-0.2, 0) is 4.79 Å². The highest BCUT2D eigenvalue weighted by Gasteiger charge is 2.30. The van der Waals surface area contributed by atoms with Crippen LogP contribution in [0.3, 0.4) is 0 Å². The smallest absolute Gasteiger partial charge is 0.223 e. The van der Waals surface area contributed by atoms with E-state index in [4.69, 9.17) is 0 Å². The molecular formula is C15H19NO. The van der Waals surface area contributed by atoms with Gasteiger partial charge in [0.05, 0.1) is 0 Å². The molecule has 0 aliphatic heterocycles. The van der Waals surface area contributed by atoms with Crippen molar-refractivity contribution in [3.8, 4) is 0 Å². The maximum atomic E-state index is 11.9. The Labute approximate surface area is 103 Å². The highest BCUT2D eigenvalue weighted by atomic mass is 16.1. The summed E-state index contributed by atoms with van der Waals surface area (Å²) in [6.07, 6.45) is 4.03. The topological polar surface area (TPSA) is 29.1 Å². The van der Waals surface area contributed by atoms with Crippen LogP contribution in [0.25, 0.3) is 0 Å². The molecule has 0 saturated carbocycles. The first-order chi connectivity index (χ1) is 8.22. The Kier molecular flexibility index (Phi) is 3.62. The van der Waals surface area contributed by atoms with Gasteiger partial charge in [0.15, 0.2) is 0 Å². The third kappa shape index (κ3) is 2.57. The summed E-state index contributed by atoms with van der Waals surface area (Å²) in [5, 5.41) is 2.78. The second kappa shape index (κ2) is 5.17. The van der Waals surface area contributed by atoms with Gasteiger partial charge in [-0.3, -0.25) is 4.79 Å². The number of allylic oxidation sites excluding steroid dienone is 2. The largest absolute Gasteiger partial charge is 0.359 e. The number of carbonyl (C=O) groups is 1. The molecule has 1 N–H and O–H groups in total. The number of carbonyl (C=O) groups excluding carboxylic acids is 1. The van der Waals surface area contributed by atoms with Gasteiger partial charge >= 0.3 is 0 Å². The van der Waals surface area contributed by atoms with Crippen molar-refractivity contribution in [1.29, 1.82) is 0 Å². The van der Waals surface area contributed by atoms with Crippen LogP contribution in [0.15, 0.2) is 42.0 Å². The molecule has 0 heterocycles. The van der Waals surface area contributed by atoms with E-state index in [1.807, 2.05) is 18.2 Å². The fourth-order valence-corrected chi connectivity index (χ4v) is 2.59. The Morgan fingerprint density at radius 2 is 2.00 bits per heavy atom. The lowest BCUT2D eigenvalue weighted by molar-refractivity contribution is -0.125. The predicted octanol–water partition coefficient (Wildman–Crippen LogP) is 2.87. The maximum absolute atomic E-state index is 11.9. The average molecular weight is 229 g/mol. The molecule has 1 aromatic rings. The molecule has 0 fully saturated rings. The summed E-state index contributed by atoms with van der Waals surface area (Å²) in [7, 11) is 1.72. The lowest BCUT2D eigenvalue weighted by atomic mass is 9.75.